The Balaban J connectivity index is 1.30. The zero-order valence-electron chi connectivity index (χ0n) is 41.5. The number of hydrogen-bond donors (Lipinski definition) is 1. The van der Waals surface area contributed by atoms with Gasteiger partial charge < -0.3 is 38.4 Å². The number of Topliss-reactive ketones (excluding diaryl/α,β-unsaturated/α-hetero) is 3. The molecule has 1 aromatic rings. The summed E-state index contributed by atoms with van der Waals surface area (Å²) in [5, 5.41) is 23.7. The quantitative estimate of drug-likeness (QED) is 0.194. The second-order valence-corrected chi connectivity index (χ2v) is 20.1. The molecule has 1 aromatic heterocycles. The van der Waals surface area contributed by atoms with Crippen molar-refractivity contribution in [3.8, 4) is 0 Å². The predicted molar refractivity (Wildman–Crippen MR) is 249 cm³/mol. The Labute approximate surface area is 401 Å². The van der Waals surface area contributed by atoms with Crippen LogP contribution in [0.25, 0.3) is 0 Å². The lowest BCUT2D eigenvalue weighted by Gasteiger charge is -2.42. The Bertz CT molecular complexity index is 2040. The number of nitrogens with zero attached hydrogens (tertiary/aromatic N) is 5. The Morgan fingerprint density at radius 1 is 0.897 bits per heavy atom. The number of amides is 1. The highest BCUT2D eigenvalue weighted by Crippen LogP contribution is 2.40. The van der Waals surface area contributed by atoms with Crippen molar-refractivity contribution in [1.29, 1.82) is 0 Å². The molecule has 1 N–H and O–H groups in total. The van der Waals surface area contributed by atoms with Gasteiger partial charge in [0.2, 0.25) is 5.79 Å². The van der Waals surface area contributed by atoms with E-state index in [0.29, 0.717) is 56.9 Å². The molecule has 1 saturated carbocycles. The van der Waals surface area contributed by atoms with Gasteiger partial charge in [-0.2, -0.15) is 0 Å². The second-order valence-electron chi connectivity index (χ2n) is 20.1. The number of hydrogen-bond acceptors (Lipinski definition) is 15. The Morgan fingerprint density at radius 2 is 1.68 bits per heavy atom. The maximum absolute atomic E-state index is 14.5. The maximum Gasteiger partial charge on any atom is 0.329 e. The fourth-order valence-corrected chi connectivity index (χ4v) is 10.9. The number of methoxy groups -OCH3 is 3. The minimum Gasteiger partial charge on any atom is -0.460 e. The molecule has 0 spiro atoms. The van der Waals surface area contributed by atoms with Crippen LogP contribution in [0.5, 0.6) is 0 Å². The average molecular weight is 950 g/mol. The molecule has 4 aliphatic heterocycles. The predicted octanol–water partition coefficient (Wildman–Crippen LogP) is 5.82. The number of aromatic nitrogens is 4. The van der Waals surface area contributed by atoms with E-state index in [2.05, 4.69) is 15.5 Å². The Kier molecular flexibility index (Phi) is 18.8. The van der Waals surface area contributed by atoms with Crippen molar-refractivity contribution in [2.45, 2.75) is 179 Å². The number of ether oxygens (including phenoxy) is 6. The zero-order chi connectivity index (χ0) is 49.3. The molecule has 4 fully saturated rings. The van der Waals surface area contributed by atoms with Crippen molar-refractivity contribution in [3.05, 3.63) is 53.9 Å². The summed E-state index contributed by atoms with van der Waals surface area (Å²) in [6.45, 7) is 11.3. The van der Waals surface area contributed by atoms with Crippen LogP contribution in [-0.4, -0.2) is 142 Å². The molecule has 4 bridgehead atoms. The molecule has 5 heterocycles. The SMILES string of the molecule is COC1CC(C[C@@H](C)[C@@H]2CC(=O)C(C)/C=C(\C)[C@H]3OC(C[C@H](C)/C=C/C=C/C=C(\C)[C@@H](OC)C[C@@H]4CCC(C)C(O)(O4)C(=O)C(=O)N4CCCCC4C(=O)O2)C(=O)C3OC)CCC1n1cnnn1. The molecular weight excluding hydrogens is 875 g/mol. The maximum atomic E-state index is 14.5. The van der Waals surface area contributed by atoms with E-state index in [-0.39, 0.29) is 60.9 Å². The number of cyclic esters (lactones) is 1. The highest BCUT2D eigenvalue weighted by molar-refractivity contribution is 6.39. The normalized spacial score (nSPS) is 39.6. The molecule has 9 unspecified atom stereocenters. The molecule has 1 aliphatic carbocycles. The average Bonchev–Trinajstić information content (AvgIpc) is 3.98. The summed E-state index contributed by atoms with van der Waals surface area (Å²) in [6.07, 6.45) is 14.6. The summed E-state index contributed by atoms with van der Waals surface area (Å²) in [4.78, 5) is 72.3. The standard InChI is InChI=1S/C51H75N5O12/c1-30-15-11-10-12-16-31(2)41(63-7)27-37-20-18-35(6)51(62,68-37)48(59)49(60)55-22-14-13-17-39(55)50(61)67-42(33(4)25-36-19-21-38(43(26-36)64-8)56-29-52-53-54-56)28-40(57)32(3)24-34(5)46-47(65-9)45(58)44(23-30)66-46/h10-12,15-16,24,29-30,32-33,35-39,41-44,46-47,62H,13-14,17-23,25-28H2,1-9H3/b12-10+,15-11+,31-16+,34-24+/t30-,32?,33-,35?,36?,37+,38?,39?,41+,42+,43?,44?,46-,47?,51?/m1/s1. The minimum absolute atomic E-state index is 0.0128. The van der Waals surface area contributed by atoms with E-state index in [9.17, 15) is 29.1 Å². The van der Waals surface area contributed by atoms with Gasteiger partial charge in [-0.05, 0) is 117 Å². The van der Waals surface area contributed by atoms with Crippen LogP contribution in [0.4, 0.5) is 0 Å². The molecule has 6 rings (SSSR count). The van der Waals surface area contributed by atoms with Crippen molar-refractivity contribution in [3.63, 3.8) is 0 Å². The van der Waals surface area contributed by atoms with Crippen molar-refractivity contribution < 1.29 is 57.5 Å². The zero-order valence-corrected chi connectivity index (χ0v) is 41.5. The molecule has 68 heavy (non-hydrogen) atoms. The van der Waals surface area contributed by atoms with Crippen LogP contribution in [0.1, 0.15) is 125 Å². The second kappa shape index (κ2) is 24.0. The van der Waals surface area contributed by atoms with Crippen LogP contribution in [-0.2, 0) is 52.4 Å². The number of piperidine rings is 1. The molecule has 17 heteroatoms. The molecule has 17 nitrogen and oxygen atoms in total. The number of carbonyl (C=O) groups is 5. The summed E-state index contributed by atoms with van der Waals surface area (Å²) in [6, 6.07) is -1.16. The van der Waals surface area contributed by atoms with E-state index in [0.717, 1.165) is 18.4 Å². The number of allylic oxidation sites excluding steroid dienone is 6. The monoisotopic (exact) mass is 950 g/mol. The summed E-state index contributed by atoms with van der Waals surface area (Å²) >= 11 is 0. The fourth-order valence-electron chi connectivity index (χ4n) is 10.9. The lowest BCUT2D eigenvalue weighted by Crippen LogP contribution is -2.61. The largest absolute Gasteiger partial charge is 0.460 e. The van der Waals surface area contributed by atoms with Crippen molar-refractivity contribution >= 4 is 29.2 Å². The van der Waals surface area contributed by atoms with E-state index >= 15 is 0 Å². The van der Waals surface area contributed by atoms with Gasteiger partial charge in [-0.1, -0.05) is 64.2 Å². The van der Waals surface area contributed by atoms with Gasteiger partial charge in [0, 0.05) is 52.6 Å². The smallest absolute Gasteiger partial charge is 0.329 e. The molecular formula is C51H75N5O12. The van der Waals surface area contributed by atoms with Gasteiger partial charge in [0.1, 0.15) is 42.6 Å². The number of fused-ring (bicyclic) bond motifs is 5. The summed E-state index contributed by atoms with van der Waals surface area (Å²) < 4.78 is 38.1. The Hall–Kier alpha value is -4.26. The van der Waals surface area contributed by atoms with Crippen LogP contribution >= 0.6 is 0 Å². The topological polar surface area (TPSA) is 208 Å². The molecule has 5 aliphatic rings. The number of esters is 1. The van der Waals surface area contributed by atoms with Gasteiger partial charge in [-0.3, -0.25) is 19.2 Å². The first-order valence-electron chi connectivity index (χ1n) is 24.7. The van der Waals surface area contributed by atoms with Crippen LogP contribution in [0.15, 0.2) is 53.9 Å². The van der Waals surface area contributed by atoms with Crippen molar-refractivity contribution in [1.82, 2.24) is 25.1 Å². The van der Waals surface area contributed by atoms with Gasteiger partial charge in [0.15, 0.2) is 5.78 Å². The van der Waals surface area contributed by atoms with E-state index in [1.165, 1.54) is 12.0 Å². The first-order chi connectivity index (χ1) is 32.5. The fraction of sp³-hybridized carbons (Fsp3) is 0.725. The number of rotatable bonds is 7. The van der Waals surface area contributed by atoms with E-state index in [4.69, 9.17) is 28.4 Å². The number of carbonyl (C=O) groups excluding carboxylic acids is 5. The van der Waals surface area contributed by atoms with E-state index in [1.807, 2.05) is 58.1 Å². The Morgan fingerprint density at radius 3 is 2.38 bits per heavy atom. The molecule has 0 aromatic carbocycles. The van der Waals surface area contributed by atoms with Gasteiger partial charge >= 0.3 is 5.97 Å². The highest BCUT2D eigenvalue weighted by atomic mass is 16.6. The minimum atomic E-state index is -2.42. The highest BCUT2D eigenvalue weighted by Gasteiger charge is 2.53. The lowest BCUT2D eigenvalue weighted by molar-refractivity contribution is -0.265. The van der Waals surface area contributed by atoms with Crippen LogP contribution in [0, 0.1) is 29.6 Å². The number of tetrazole rings is 1. The van der Waals surface area contributed by atoms with Crippen molar-refractivity contribution in [2.24, 2.45) is 29.6 Å². The third-order valence-electron chi connectivity index (χ3n) is 15.2. The molecule has 15 atom stereocenters. The van der Waals surface area contributed by atoms with Crippen LogP contribution in [0.2, 0.25) is 0 Å². The van der Waals surface area contributed by atoms with Crippen LogP contribution in [0.3, 0.4) is 0 Å². The molecule has 376 valence electrons. The third kappa shape index (κ3) is 12.5. The lowest BCUT2D eigenvalue weighted by atomic mass is 9.77. The summed E-state index contributed by atoms with van der Waals surface area (Å²) in [5.74, 6) is -7.08. The molecule has 1 amide bonds. The molecule has 0 radical (unpaired) electrons. The summed E-state index contributed by atoms with van der Waals surface area (Å²) in [7, 11) is 4.74. The van der Waals surface area contributed by atoms with Crippen LogP contribution < -0.4 is 0 Å². The van der Waals surface area contributed by atoms with E-state index in [1.54, 1.807) is 45.2 Å². The van der Waals surface area contributed by atoms with E-state index < -0.39 is 77.9 Å². The van der Waals surface area contributed by atoms with Gasteiger partial charge in [0.25, 0.3) is 11.7 Å². The summed E-state index contributed by atoms with van der Waals surface area (Å²) in [5.41, 5.74) is 1.57. The first kappa shape index (κ1) is 53.1. The number of ketones is 3. The molecule has 3 saturated heterocycles. The third-order valence-corrected chi connectivity index (χ3v) is 15.2. The van der Waals surface area contributed by atoms with Gasteiger partial charge in [-0.15, -0.1) is 5.10 Å². The van der Waals surface area contributed by atoms with Crippen molar-refractivity contribution in [2.75, 3.05) is 27.9 Å². The first-order valence-corrected chi connectivity index (χ1v) is 24.7. The van der Waals surface area contributed by atoms with Gasteiger partial charge in [0.05, 0.1) is 24.4 Å². The number of aliphatic hydroxyl groups is 1. The van der Waals surface area contributed by atoms with Gasteiger partial charge in [-0.25, -0.2) is 9.48 Å².